The van der Waals surface area contributed by atoms with Gasteiger partial charge < -0.3 is 4.90 Å². The maximum absolute atomic E-state index is 8.93. The highest BCUT2D eigenvalue weighted by atomic mass is 35.5. The summed E-state index contributed by atoms with van der Waals surface area (Å²) in [6.07, 6.45) is 11.0. The van der Waals surface area contributed by atoms with Crippen LogP contribution in [0.25, 0.3) is 0 Å². The van der Waals surface area contributed by atoms with Gasteiger partial charge in [0.05, 0.1) is 0 Å². The van der Waals surface area contributed by atoms with Gasteiger partial charge in [0.15, 0.2) is 0 Å². The number of aryl methyl sites for hydroxylation is 4. The summed E-state index contributed by atoms with van der Waals surface area (Å²) in [5.41, 5.74) is 6.65. The zero-order chi connectivity index (χ0) is 28.2. The Labute approximate surface area is 256 Å². The van der Waals surface area contributed by atoms with Gasteiger partial charge in [0.1, 0.15) is 11.8 Å². The standard InChI is InChI=1S/C20H25ClN2.C14H11ClN2.CH4/c1-23-12-9-17(10-13-23)15-20-18(5-3-11-22-20)8-7-16-4-2-6-19(21)14-16;15-13-5-1-3-11(9-13)6-7-12-4-2-8-17-14(12)10-16;/h2-6,11,14,17H,7-10,12-13,15H2,1H3;1-5,8-9H,6-7H2;1H4. The van der Waals surface area contributed by atoms with Gasteiger partial charge in [-0.3, -0.25) is 4.98 Å². The minimum atomic E-state index is 0. The van der Waals surface area contributed by atoms with Crippen LogP contribution in [0.2, 0.25) is 10.0 Å². The molecule has 2 aromatic heterocycles. The van der Waals surface area contributed by atoms with E-state index >= 15 is 0 Å². The van der Waals surface area contributed by atoms with Crippen molar-refractivity contribution >= 4 is 23.2 Å². The molecule has 0 radical (unpaired) electrons. The summed E-state index contributed by atoms with van der Waals surface area (Å²) in [6, 6.07) is 26.2. The second-order valence-corrected chi connectivity index (χ2v) is 11.3. The van der Waals surface area contributed by atoms with E-state index in [0.29, 0.717) is 5.69 Å². The van der Waals surface area contributed by atoms with Gasteiger partial charge in [0, 0.05) is 28.1 Å². The highest BCUT2D eigenvalue weighted by Crippen LogP contribution is 2.23. The molecule has 0 bridgehead atoms. The van der Waals surface area contributed by atoms with Gasteiger partial charge in [0.25, 0.3) is 0 Å². The Morgan fingerprint density at radius 2 is 1.34 bits per heavy atom. The van der Waals surface area contributed by atoms with Crippen LogP contribution in [0.3, 0.4) is 0 Å². The molecule has 1 aliphatic rings. The van der Waals surface area contributed by atoms with E-state index in [1.807, 2.05) is 54.7 Å². The predicted octanol–water partition coefficient (Wildman–Crippen LogP) is 8.43. The first-order valence-electron chi connectivity index (χ1n) is 13.9. The lowest BCUT2D eigenvalue weighted by Crippen LogP contribution is -2.31. The van der Waals surface area contributed by atoms with Crippen LogP contribution in [-0.2, 0) is 32.1 Å². The number of halogens is 2. The fourth-order valence-corrected chi connectivity index (χ4v) is 5.53. The van der Waals surface area contributed by atoms with E-state index in [2.05, 4.69) is 52.3 Å². The molecule has 4 nitrogen and oxygen atoms in total. The van der Waals surface area contributed by atoms with E-state index in [1.165, 1.54) is 48.3 Å². The van der Waals surface area contributed by atoms with Crippen molar-refractivity contribution in [1.82, 2.24) is 14.9 Å². The summed E-state index contributed by atoms with van der Waals surface area (Å²) in [7, 11) is 2.22. The molecule has 0 spiro atoms. The summed E-state index contributed by atoms with van der Waals surface area (Å²) in [6.45, 7) is 2.44. The molecule has 41 heavy (non-hydrogen) atoms. The maximum Gasteiger partial charge on any atom is 0.143 e. The summed E-state index contributed by atoms with van der Waals surface area (Å²) in [4.78, 5) is 11.1. The predicted molar refractivity (Wildman–Crippen MR) is 172 cm³/mol. The maximum atomic E-state index is 8.93. The van der Waals surface area contributed by atoms with Crippen molar-refractivity contribution in [3.8, 4) is 6.07 Å². The Kier molecular flexibility index (Phi) is 13.3. The molecule has 1 aliphatic heterocycles. The van der Waals surface area contributed by atoms with Crippen LogP contribution in [0.15, 0.2) is 85.2 Å². The summed E-state index contributed by atoms with van der Waals surface area (Å²) in [5.74, 6) is 0.783. The molecule has 4 aromatic rings. The number of nitrogens with zero attached hydrogens (tertiary/aromatic N) is 4. The SMILES string of the molecule is C.CN1CCC(Cc2ncccc2CCc2cccc(Cl)c2)CC1.N#Cc1ncccc1CCc1cccc(Cl)c1. The highest BCUT2D eigenvalue weighted by molar-refractivity contribution is 6.30. The Balaban J connectivity index is 0.000000230. The van der Waals surface area contributed by atoms with Crippen molar-refractivity contribution < 1.29 is 0 Å². The number of hydrogen-bond donors (Lipinski definition) is 0. The van der Waals surface area contributed by atoms with Crippen LogP contribution in [0.5, 0.6) is 0 Å². The molecule has 1 saturated heterocycles. The first-order valence-corrected chi connectivity index (χ1v) is 14.7. The molecule has 0 atom stereocenters. The van der Waals surface area contributed by atoms with Gasteiger partial charge in [-0.2, -0.15) is 5.26 Å². The van der Waals surface area contributed by atoms with Crippen LogP contribution >= 0.6 is 23.2 Å². The third-order valence-electron chi connectivity index (χ3n) is 7.45. The lowest BCUT2D eigenvalue weighted by molar-refractivity contribution is 0.218. The summed E-state index contributed by atoms with van der Waals surface area (Å²) < 4.78 is 0. The average molecular weight is 588 g/mol. The second kappa shape index (κ2) is 16.9. The lowest BCUT2D eigenvalue weighted by Gasteiger charge is -2.29. The molecule has 214 valence electrons. The number of rotatable bonds is 8. The fraction of sp³-hybridized carbons (Fsp3) is 0.343. The van der Waals surface area contributed by atoms with Crippen molar-refractivity contribution in [1.29, 1.82) is 5.26 Å². The molecule has 0 N–H and O–H groups in total. The molecule has 0 unspecified atom stereocenters. The van der Waals surface area contributed by atoms with Gasteiger partial charge in [-0.15, -0.1) is 0 Å². The number of likely N-dealkylation sites (tertiary alicyclic amines) is 1. The van der Waals surface area contributed by atoms with Crippen molar-refractivity contribution in [3.05, 3.63) is 129 Å². The van der Waals surface area contributed by atoms with E-state index in [9.17, 15) is 0 Å². The summed E-state index contributed by atoms with van der Waals surface area (Å²) >= 11 is 12.0. The van der Waals surface area contributed by atoms with Gasteiger partial charge in [-0.05, 0) is 130 Å². The van der Waals surface area contributed by atoms with Crippen molar-refractivity contribution in [2.45, 2.75) is 52.4 Å². The highest BCUT2D eigenvalue weighted by Gasteiger charge is 2.18. The van der Waals surface area contributed by atoms with Gasteiger partial charge in [-0.25, -0.2) is 4.98 Å². The minimum Gasteiger partial charge on any atom is -0.306 e. The Morgan fingerprint density at radius 1 is 0.780 bits per heavy atom. The lowest BCUT2D eigenvalue weighted by atomic mass is 9.90. The third kappa shape index (κ3) is 10.6. The summed E-state index contributed by atoms with van der Waals surface area (Å²) in [5, 5.41) is 10.5. The van der Waals surface area contributed by atoms with E-state index in [0.717, 1.165) is 53.6 Å². The van der Waals surface area contributed by atoms with Crippen LogP contribution in [0.4, 0.5) is 0 Å². The molecule has 3 heterocycles. The average Bonchev–Trinajstić information content (AvgIpc) is 2.97. The van der Waals surface area contributed by atoms with Crippen molar-refractivity contribution in [2.75, 3.05) is 20.1 Å². The largest absolute Gasteiger partial charge is 0.306 e. The number of pyridine rings is 2. The monoisotopic (exact) mass is 586 g/mol. The number of piperidine rings is 1. The number of benzene rings is 2. The van der Waals surface area contributed by atoms with Gasteiger partial charge in [-0.1, -0.05) is 67.0 Å². The van der Waals surface area contributed by atoms with Crippen LogP contribution < -0.4 is 0 Å². The number of aromatic nitrogens is 2. The Morgan fingerprint density at radius 3 is 1.93 bits per heavy atom. The zero-order valence-corrected chi connectivity index (χ0v) is 24.6. The smallest absolute Gasteiger partial charge is 0.143 e. The van der Waals surface area contributed by atoms with Gasteiger partial charge in [0.2, 0.25) is 0 Å². The first-order chi connectivity index (χ1) is 19.5. The molecule has 5 rings (SSSR count). The van der Waals surface area contributed by atoms with E-state index in [4.69, 9.17) is 28.5 Å². The number of hydrogen-bond acceptors (Lipinski definition) is 4. The Bertz CT molecular complexity index is 1410. The normalized spacial score (nSPS) is 13.4. The Hall–Kier alpha value is -3.23. The van der Waals surface area contributed by atoms with Crippen molar-refractivity contribution in [2.24, 2.45) is 5.92 Å². The fourth-order valence-electron chi connectivity index (χ4n) is 5.11. The third-order valence-corrected chi connectivity index (χ3v) is 7.92. The molecule has 1 fully saturated rings. The van der Waals surface area contributed by atoms with Crippen molar-refractivity contribution in [3.63, 3.8) is 0 Å². The quantitative estimate of drug-likeness (QED) is 0.208. The molecule has 0 amide bonds. The van der Waals surface area contributed by atoms with E-state index in [-0.39, 0.29) is 7.43 Å². The molecule has 6 heteroatoms. The zero-order valence-electron chi connectivity index (χ0n) is 23.1. The molecule has 0 aliphatic carbocycles. The van der Waals surface area contributed by atoms with E-state index < -0.39 is 0 Å². The molecular weight excluding hydrogens is 547 g/mol. The first kappa shape index (κ1) is 32.3. The molecule has 0 saturated carbocycles. The second-order valence-electron chi connectivity index (χ2n) is 10.4. The van der Waals surface area contributed by atoms with Crippen LogP contribution in [0, 0.1) is 17.2 Å². The minimum absolute atomic E-state index is 0. The molecule has 2 aromatic carbocycles. The van der Waals surface area contributed by atoms with Crippen LogP contribution in [0.1, 0.15) is 53.9 Å². The van der Waals surface area contributed by atoms with E-state index in [1.54, 1.807) is 6.20 Å². The van der Waals surface area contributed by atoms with Gasteiger partial charge >= 0.3 is 0 Å². The topological polar surface area (TPSA) is 52.8 Å². The number of nitriles is 1. The van der Waals surface area contributed by atoms with Crippen LogP contribution in [-0.4, -0.2) is 35.0 Å². The molecular formula is C35H40Cl2N4.